The van der Waals surface area contributed by atoms with Crippen LogP contribution in [0.15, 0.2) is 188 Å². The number of hydrogen-bond acceptors (Lipinski definition) is 2. The first-order chi connectivity index (χ1) is 27.0. The van der Waals surface area contributed by atoms with E-state index in [2.05, 4.69) is 207 Å². The van der Waals surface area contributed by atoms with Gasteiger partial charge in [0.1, 0.15) is 0 Å². The first kappa shape index (κ1) is 32.0. The number of nitrogens with zero attached hydrogens (tertiary/aromatic N) is 1. The maximum atomic E-state index is 2.42. The molecule has 0 aliphatic heterocycles. The molecule has 9 aromatic carbocycles. The second-order valence-electron chi connectivity index (χ2n) is 15.4. The van der Waals surface area contributed by atoms with Crippen LogP contribution in [0, 0.1) is 0 Å². The predicted octanol–water partition coefficient (Wildman–Crippen LogP) is 15.5. The molecule has 0 N–H and O–H groups in total. The van der Waals surface area contributed by atoms with Crippen LogP contribution in [-0.4, -0.2) is 0 Å². The van der Waals surface area contributed by atoms with Crippen molar-refractivity contribution >= 4 is 70.1 Å². The molecule has 0 atom stereocenters. The zero-order valence-electron chi connectivity index (χ0n) is 30.8. The van der Waals surface area contributed by atoms with E-state index in [4.69, 9.17) is 0 Å². The monoisotopic (exact) mass is 719 g/mol. The summed E-state index contributed by atoms with van der Waals surface area (Å²) in [7, 11) is 0. The molecule has 2 heteroatoms. The van der Waals surface area contributed by atoms with Crippen molar-refractivity contribution in [3.63, 3.8) is 0 Å². The topological polar surface area (TPSA) is 3.24 Å². The van der Waals surface area contributed by atoms with Crippen molar-refractivity contribution in [1.82, 2.24) is 0 Å². The second-order valence-corrected chi connectivity index (χ2v) is 16.5. The number of hydrogen-bond donors (Lipinski definition) is 0. The van der Waals surface area contributed by atoms with Gasteiger partial charge in [0.15, 0.2) is 0 Å². The van der Waals surface area contributed by atoms with Gasteiger partial charge in [-0.15, -0.1) is 11.3 Å². The minimum Gasteiger partial charge on any atom is -0.310 e. The molecule has 0 fully saturated rings. The molecular formula is C53H37NS. The minimum absolute atomic E-state index is 0.0465. The third-order valence-electron chi connectivity index (χ3n) is 11.8. The average molecular weight is 720 g/mol. The van der Waals surface area contributed by atoms with Crippen LogP contribution in [0.3, 0.4) is 0 Å². The van der Waals surface area contributed by atoms with Crippen molar-refractivity contribution in [2.45, 2.75) is 19.3 Å². The molecule has 1 aliphatic carbocycles. The summed E-state index contributed by atoms with van der Waals surface area (Å²) in [5, 5.41) is 7.72. The van der Waals surface area contributed by atoms with Gasteiger partial charge in [0.05, 0.1) is 0 Å². The summed E-state index contributed by atoms with van der Waals surface area (Å²) in [4.78, 5) is 2.42. The molecule has 11 rings (SSSR count). The van der Waals surface area contributed by atoms with Gasteiger partial charge in [-0.05, 0) is 133 Å². The highest BCUT2D eigenvalue weighted by Crippen LogP contribution is 2.51. The Hall–Kier alpha value is -6.48. The minimum atomic E-state index is -0.0465. The highest BCUT2D eigenvalue weighted by atomic mass is 32.1. The van der Waals surface area contributed by atoms with E-state index in [-0.39, 0.29) is 5.41 Å². The SMILES string of the molecule is CC1(C)c2ccccc2-c2cc(N(c3ccc(-c4ccc5cc6sc7ccccc7c6cc5c4)cc3)c3cccc(-c4ccc5ccccc5c4)c3)ccc21. The average Bonchev–Trinajstić information content (AvgIpc) is 3.70. The summed E-state index contributed by atoms with van der Waals surface area (Å²) in [6.07, 6.45) is 0. The Morgan fingerprint density at radius 2 is 1.00 bits per heavy atom. The molecule has 10 aromatic rings. The molecule has 1 heterocycles. The number of anilines is 3. The van der Waals surface area contributed by atoms with Crippen LogP contribution in [0.25, 0.3) is 75.1 Å². The molecule has 0 saturated heterocycles. The fourth-order valence-corrected chi connectivity index (χ4v) is 10.1. The summed E-state index contributed by atoms with van der Waals surface area (Å²) in [6.45, 7) is 4.69. The van der Waals surface area contributed by atoms with Gasteiger partial charge in [-0.2, -0.15) is 0 Å². The van der Waals surface area contributed by atoms with E-state index in [1.54, 1.807) is 0 Å². The van der Waals surface area contributed by atoms with Crippen LogP contribution in [0.1, 0.15) is 25.0 Å². The Morgan fingerprint density at radius 3 is 1.89 bits per heavy atom. The summed E-state index contributed by atoms with van der Waals surface area (Å²) in [6, 6.07) is 69.8. The van der Waals surface area contributed by atoms with Gasteiger partial charge in [0.25, 0.3) is 0 Å². The van der Waals surface area contributed by atoms with Gasteiger partial charge in [-0.1, -0.05) is 135 Å². The Morgan fingerprint density at radius 1 is 0.364 bits per heavy atom. The zero-order chi connectivity index (χ0) is 36.7. The van der Waals surface area contributed by atoms with E-state index in [9.17, 15) is 0 Å². The van der Waals surface area contributed by atoms with Gasteiger partial charge in [0.2, 0.25) is 0 Å². The smallest absolute Gasteiger partial charge is 0.0468 e. The molecule has 1 aliphatic rings. The molecule has 0 amide bonds. The molecule has 0 bridgehead atoms. The third kappa shape index (κ3) is 5.21. The number of rotatable bonds is 5. The largest absolute Gasteiger partial charge is 0.310 e. The highest BCUT2D eigenvalue weighted by molar-refractivity contribution is 7.25. The molecular weight excluding hydrogens is 683 g/mol. The van der Waals surface area contributed by atoms with Gasteiger partial charge >= 0.3 is 0 Å². The molecule has 0 spiro atoms. The van der Waals surface area contributed by atoms with Crippen molar-refractivity contribution in [3.8, 4) is 33.4 Å². The molecule has 0 unspecified atom stereocenters. The maximum Gasteiger partial charge on any atom is 0.0468 e. The van der Waals surface area contributed by atoms with E-state index in [1.807, 2.05) is 11.3 Å². The Balaban J connectivity index is 1.02. The third-order valence-corrected chi connectivity index (χ3v) is 12.9. The van der Waals surface area contributed by atoms with Gasteiger partial charge in [-0.3, -0.25) is 0 Å². The van der Waals surface area contributed by atoms with Crippen LogP contribution in [-0.2, 0) is 5.41 Å². The van der Waals surface area contributed by atoms with Crippen LogP contribution >= 0.6 is 11.3 Å². The lowest BCUT2D eigenvalue weighted by molar-refractivity contribution is 0.660. The molecule has 0 saturated carbocycles. The fourth-order valence-electron chi connectivity index (χ4n) is 8.94. The number of thiophene rings is 1. The summed E-state index contributed by atoms with van der Waals surface area (Å²) in [5.74, 6) is 0. The molecule has 1 aromatic heterocycles. The zero-order valence-corrected chi connectivity index (χ0v) is 31.6. The Labute approximate surface area is 325 Å². The van der Waals surface area contributed by atoms with Crippen molar-refractivity contribution in [2.75, 3.05) is 4.90 Å². The highest BCUT2D eigenvalue weighted by Gasteiger charge is 2.35. The number of fused-ring (bicyclic) bond motifs is 8. The molecule has 55 heavy (non-hydrogen) atoms. The first-order valence-electron chi connectivity index (χ1n) is 19.1. The summed E-state index contributed by atoms with van der Waals surface area (Å²) < 4.78 is 2.68. The summed E-state index contributed by atoms with van der Waals surface area (Å²) >= 11 is 1.88. The number of benzene rings is 9. The van der Waals surface area contributed by atoms with Gasteiger partial charge in [-0.25, -0.2) is 0 Å². The molecule has 0 radical (unpaired) electrons. The van der Waals surface area contributed by atoms with E-state index in [0.29, 0.717) is 0 Å². The van der Waals surface area contributed by atoms with Gasteiger partial charge < -0.3 is 4.90 Å². The fraction of sp³-hybridized carbons (Fsp3) is 0.0566. The lowest BCUT2D eigenvalue weighted by atomic mass is 9.82. The maximum absolute atomic E-state index is 2.42. The second kappa shape index (κ2) is 12.3. The van der Waals surface area contributed by atoms with Crippen LogP contribution in [0.2, 0.25) is 0 Å². The lowest BCUT2D eigenvalue weighted by Gasteiger charge is -2.28. The van der Waals surface area contributed by atoms with E-state index < -0.39 is 0 Å². The van der Waals surface area contributed by atoms with E-state index in [1.165, 1.54) is 86.2 Å². The standard InChI is InChI=1S/C53H37NS/c1-53(2)49-16-7-5-14-45(49)47-33-44(26-27-50(47)53)54(43-13-9-12-37(30-43)39-19-18-34-10-3-4-11-36(34)28-39)42-24-22-35(23-25-42)38-20-21-40-32-52-48(31-41(40)29-38)46-15-6-8-17-51(46)55-52/h3-33H,1-2H3. The van der Waals surface area contributed by atoms with Crippen LogP contribution < -0.4 is 4.90 Å². The quantitative estimate of drug-likeness (QED) is 0.171. The van der Waals surface area contributed by atoms with Crippen LogP contribution in [0.4, 0.5) is 17.1 Å². The molecule has 260 valence electrons. The van der Waals surface area contributed by atoms with Crippen molar-refractivity contribution < 1.29 is 0 Å². The van der Waals surface area contributed by atoms with E-state index >= 15 is 0 Å². The first-order valence-corrected chi connectivity index (χ1v) is 19.9. The van der Waals surface area contributed by atoms with Crippen molar-refractivity contribution in [1.29, 1.82) is 0 Å². The van der Waals surface area contributed by atoms with Crippen molar-refractivity contribution in [2.24, 2.45) is 0 Å². The normalized spacial score (nSPS) is 13.1. The van der Waals surface area contributed by atoms with Crippen LogP contribution in [0.5, 0.6) is 0 Å². The molecule has 1 nitrogen and oxygen atoms in total. The Kier molecular flexibility index (Phi) is 7.14. The lowest BCUT2D eigenvalue weighted by Crippen LogP contribution is -2.15. The van der Waals surface area contributed by atoms with Crippen molar-refractivity contribution in [3.05, 3.63) is 199 Å². The summed E-state index contributed by atoms with van der Waals surface area (Å²) in [5.41, 5.74) is 13.6. The van der Waals surface area contributed by atoms with Gasteiger partial charge in [0, 0.05) is 42.6 Å². The van der Waals surface area contributed by atoms with E-state index in [0.717, 1.165) is 17.1 Å². The Bertz CT molecular complexity index is 3130. The predicted molar refractivity (Wildman–Crippen MR) is 237 cm³/mol.